The molecule has 0 bridgehead atoms. The summed E-state index contributed by atoms with van der Waals surface area (Å²) in [7, 11) is 0. The molecule has 0 aromatic rings. The zero-order chi connectivity index (χ0) is 8.10. The van der Waals surface area contributed by atoms with E-state index in [0.717, 1.165) is 26.2 Å². The minimum atomic E-state index is -0.383. The van der Waals surface area contributed by atoms with Crippen LogP contribution in [0.1, 0.15) is 0 Å². The Balaban J connectivity index is 2.24. The molecular formula is C7H12N2O2. The molecule has 0 aromatic heterocycles. The van der Waals surface area contributed by atoms with E-state index in [0.29, 0.717) is 0 Å². The second-order valence-corrected chi connectivity index (χ2v) is 2.29. The number of hydrogen-bond acceptors (Lipinski definition) is 4. The molecule has 1 fully saturated rings. The van der Waals surface area contributed by atoms with Gasteiger partial charge in [-0.15, -0.1) is 5.06 Å². The summed E-state index contributed by atoms with van der Waals surface area (Å²) in [6, 6.07) is 0. The van der Waals surface area contributed by atoms with Crippen LogP contribution in [0.4, 0.5) is 0 Å². The van der Waals surface area contributed by atoms with Crippen molar-refractivity contribution in [1.82, 2.24) is 10.4 Å². The van der Waals surface area contributed by atoms with Gasteiger partial charge >= 0.3 is 5.97 Å². The number of hydroxylamine groups is 2. The van der Waals surface area contributed by atoms with E-state index in [1.165, 1.54) is 6.08 Å². The molecule has 11 heavy (non-hydrogen) atoms. The van der Waals surface area contributed by atoms with Crippen molar-refractivity contribution in [2.24, 2.45) is 0 Å². The van der Waals surface area contributed by atoms with Crippen molar-refractivity contribution in [3.8, 4) is 0 Å². The largest absolute Gasteiger partial charge is 0.364 e. The highest BCUT2D eigenvalue weighted by molar-refractivity contribution is 5.80. The van der Waals surface area contributed by atoms with E-state index in [-0.39, 0.29) is 5.97 Å². The fourth-order valence-electron chi connectivity index (χ4n) is 0.900. The molecule has 0 amide bonds. The quantitative estimate of drug-likeness (QED) is 0.549. The molecule has 0 atom stereocenters. The van der Waals surface area contributed by atoms with Crippen molar-refractivity contribution >= 4 is 5.97 Å². The van der Waals surface area contributed by atoms with Gasteiger partial charge in [-0.05, 0) is 0 Å². The summed E-state index contributed by atoms with van der Waals surface area (Å²) < 4.78 is 0. The molecule has 62 valence electrons. The molecule has 1 saturated heterocycles. The van der Waals surface area contributed by atoms with Gasteiger partial charge in [0.25, 0.3) is 0 Å². The van der Waals surface area contributed by atoms with Gasteiger partial charge in [-0.3, -0.25) is 0 Å². The molecule has 1 heterocycles. The molecule has 1 aliphatic heterocycles. The van der Waals surface area contributed by atoms with Crippen molar-refractivity contribution < 1.29 is 9.63 Å². The van der Waals surface area contributed by atoms with Crippen molar-refractivity contribution in [3.63, 3.8) is 0 Å². The first kappa shape index (κ1) is 8.23. The Morgan fingerprint density at radius 2 is 2.18 bits per heavy atom. The molecule has 0 aromatic carbocycles. The topological polar surface area (TPSA) is 41.6 Å². The highest BCUT2D eigenvalue weighted by Crippen LogP contribution is 1.93. The minimum Gasteiger partial charge on any atom is -0.364 e. The third kappa shape index (κ3) is 2.69. The van der Waals surface area contributed by atoms with Gasteiger partial charge in [0.1, 0.15) is 0 Å². The SMILES string of the molecule is C=CC(=O)ON1CCNCC1. The summed E-state index contributed by atoms with van der Waals surface area (Å²) in [4.78, 5) is 15.6. The van der Waals surface area contributed by atoms with Crippen LogP contribution >= 0.6 is 0 Å². The van der Waals surface area contributed by atoms with Crippen LogP contribution in [0.2, 0.25) is 0 Å². The van der Waals surface area contributed by atoms with Gasteiger partial charge in [0.15, 0.2) is 0 Å². The molecule has 1 rings (SSSR count). The van der Waals surface area contributed by atoms with E-state index in [1.807, 2.05) is 0 Å². The van der Waals surface area contributed by atoms with Crippen LogP contribution < -0.4 is 5.32 Å². The average molecular weight is 156 g/mol. The predicted molar refractivity (Wildman–Crippen MR) is 40.7 cm³/mol. The lowest BCUT2D eigenvalue weighted by Crippen LogP contribution is -2.44. The lowest BCUT2D eigenvalue weighted by molar-refractivity contribution is -0.186. The van der Waals surface area contributed by atoms with Crippen LogP contribution in [0.25, 0.3) is 0 Å². The molecule has 0 aliphatic carbocycles. The Kier molecular flexibility index (Phi) is 3.07. The van der Waals surface area contributed by atoms with Crippen LogP contribution in [0.5, 0.6) is 0 Å². The first-order valence-corrected chi connectivity index (χ1v) is 3.63. The van der Waals surface area contributed by atoms with Gasteiger partial charge in [-0.25, -0.2) is 4.79 Å². The highest BCUT2D eigenvalue weighted by Gasteiger charge is 2.11. The second-order valence-electron chi connectivity index (χ2n) is 2.29. The van der Waals surface area contributed by atoms with Gasteiger partial charge < -0.3 is 10.2 Å². The Morgan fingerprint density at radius 3 is 2.73 bits per heavy atom. The van der Waals surface area contributed by atoms with Gasteiger partial charge in [0.2, 0.25) is 0 Å². The molecule has 0 spiro atoms. The smallest absolute Gasteiger partial charge is 0.349 e. The summed E-state index contributed by atoms with van der Waals surface area (Å²) in [6.45, 7) is 6.54. The summed E-state index contributed by atoms with van der Waals surface area (Å²) in [5.74, 6) is -0.383. The first-order chi connectivity index (χ1) is 5.33. The third-order valence-corrected chi connectivity index (χ3v) is 1.46. The number of nitrogens with zero attached hydrogens (tertiary/aromatic N) is 1. The van der Waals surface area contributed by atoms with Crippen molar-refractivity contribution in [2.75, 3.05) is 26.2 Å². The molecule has 4 nitrogen and oxygen atoms in total. The van der Waals surface area contributed by atoms with Gasteiger partial charge in [-0.1, -0.05) is 6.58 Å². The monoisotopic (exact) mass is 156 g/mol. The van der Waals surface area contributed by atoms with E-state index >= 15 is 0 Å². The summed E-state index contributed by atoms with van der Waals surface area (Å²) in [5.41, 5.74) is 0. The van der Waals surface area contributed by atoms with Gasteiger partial charge in [0, 0.05) is 32.3 Å². The third-order valence-electron chi connectivity index (χ3n) is 1.46. The van der Waals surface area contributed by atoms with E-state index < -0.39 is 0 Å². The maximum absolute atomic E-state index is 10.7. The summed E-state index contributed by atoms with van der Waals surface area (Å²) in [6.07, 6.45) is 1.17. The number of piperazine rings is 1. The molecule has 1 aliphatic rings. The number of carbonyl (C=O) groups excluding carboxylic acids is 1. The number of carbonyl (C=O) groups is 1. The maximum Gasteiger partial charge on any atom is 0.349 e. The molecule has 0 unspecified atom stereocenters. The van der Waals surface area contributed by atoms with E-state index in [2.05, 4.69) is 11.9 Å². The lowest BCUT2D eigenvalue weighted by atomic mass is 10.4. The Morgan fingerprint density at radius 1 is 1.55 bits per heavy atom. The fourth-order valence-corrected chi connectivity index (χ4v) is 0.900. The molecule has 0 saturated carbocycles. The molecule has 4 heteroatoms. The first-order valence-electron chi connectivity index (χ1n) is 3.63. The van der Waals surface area contributed by atoms with Crippen LogP contribution in [-0.4, -0.2) is 37.2 Å². The van der Waals surface area contributed by atoms with E-state index in [4.69, 9.17) is 4.84 Å². The standard InChI is InChI=1S/C7H12N2O2/c1-2-7(10)11-9-5-3-8-4-6-9/h2,8H,1,3-6H2. The van der Waals surface area contributed by atoms with Crippen LogP contribution in [0.3, 0.4) is 0 Å². The van der Waals surface area contributed by atoms with Gasteiger partial charge in [0.05, 0.1) is 0 Å². The minimum absolute atomic E-state index is 0.383. The van der Waals surface area contributed by atoms with Gasteiger partial charge in [-0.2, -0.15) is 0 Å². The van der Waals surface area contributed by atoms with E-state index in [1.54, 1.807) is 5.06 Å². The zero-order valence-electron chi connectivity index (χ0n) is 6.38. The molecular weight excluding hydrogens is 144 g/mol. The number of nitrogens with one attached hydrogen (secondary N) is 1. The number of hydrogen-bond donors (Lipinski definition) is 1. The normalized spacial score (nSPS) is 19.3. The molecule has 1 N–H and O–H groups in total. The number of rotatable bonds is 2. The highest BCUT2D eigenvalue weighted by atomic mass is 16.7. The zero-order valence-corrected chi connectivity index (χ0v) is 6.38. The Hall–Kier alpha value is -0.870. The Bertz CT molecular complexity index is 153. The summed E-state index contributed by atoms with van der Waals surface area (Å²) >= 11 is 0. The van der Waals surface area contributed by atoms with Crippen molar-refractivity contribution in [1.29, 1.82) is 0 Å². The Labute approximate surface area is 65.8 Å². The average Bonchev–Trinajstić information content (AvgIpc) is 2.06. The van der Waals surface area contributed by atoms with Crippen molar-refractivity contribution in [2.45, 2.75) is 0 Å². The molecule has 0 radical (unpaired) electrons. The van der Waals surface area contributed by atoms with Crippen LogP contribution in [0.15, 0.2) is 12.7 Å². The van der Waals surface area contributed by atoms with E-state index in [9.17, 15) is 4.79 Å². The summed E-state index contributed by atoms with van der Waals surface area (Å²) in [5, 5.41) is 4.79. The lowest BCUT2D eigenvalue weighted by Gasteiger charge is -2.24. The van der Waals surface area contributed by atoms with Crippen LogP contribution in [0, 0.1) is 0 Å². The van der Waals surface area contributed by atoms with Crippen molar-refractivity contribution in [3.05, 3.63) is 12.7 Å². The second kappa shape index (κ2) is 4.10. The maximum atomic E-state index is 10.7. The predicted octanol–water partition coefficient (Wildman–Crippen LogP) is -0.464. The van der Waals surface area contributed by atoms with Crippen LogP contribution in [-0.2, 0) is 9.63 Å². The fraction of sp³-hybridized carbons (Fsp3) is 0.571.